The Balaban J connectivity index is 2.05. The van der Waals surface area contributed by atoms with E-state index in [0.29, 0.717) is 33.9 Å². The minimum atomic E-state index is -0.616. The van der Waals surface area contributed by atoms with Gasteiger partial charge in [-0.05, 0) is 30.4 Å². The van der Waals surface area contributed by atoms with E-state index in [4.69, 9.17) is 13.9 Å². The highest BCUT2D eigenvalue weighted by molar-refractivity contribution is 5.95. The zero-order valence-electron chi connectivity index (χ0n) is 13.4. The van der Waals surface area contributed by atoms with Crippen LogP contribution in [0.4, 0.5) is 5.88 Å². The third-order valence-electron chi connectivity index (χ3n) is 3.54. The van der Waals surface area contributed by atoms with Crippen molar-refractivity contribution in [2.24, 2.45) is 0 Å². The molecule has 8 nitrogen and oxygen atoms in total. The number of ether oxygens (including phenoxy) is 2. The average Bonchev–Trinajstić information content (AvgIpc) is 3.08. The summed E-state index contributed by atoms with van der Waals surface area (Å²) in [4.78, 5) is 14.5. The first kappa shape index (κ1) is 16.3. The number of methoxy groups -OCH3 is 2. The van der Waals surface area contributed by atoms with Gasteiger partial charge in [-0.25, -0.2) is 4.98 Å². The topological polar surface area (TPSA) is 108 Å². The summed E-state index contributed by atoms with van der Waals surface area (Å²) in [5.74, 6) is 0.880. The molecular formula is C17H14N2O6. The first-order valence-corrected chi connectivity index (χ1v) is 7.20. The van der Waals surface area contributed by atoms with E-state index < -0.39 is 4.92 Å². The zero-order valence-corrected chi connectivity index (χ0v) is 13.4. The largest absolute Gasteiger partial charge is 0.507 e. The molecule has 8 heteroatoms. The molecule has 0 radical (unpaired) electrons. The lowest BCUT2D eigenvalue weighted by atomic mass is 10.1. The number of hydrogen-bond donors (Lipinski definition) is 1. The fourth-order valence-electron chi connectivity index (χ4n) is 2.40. The van der Waals surface area contributed by atoms with Crippen LogP contribution in [0.2, 0.25) is 0 Å². The van der Waals surface area contributed by atoms with Crippen LogP contribution in [0.1, 0.15) is 11.5 Å². The van der Waals surface area contributed by atoms with Gasteiger partial charge in [0.05, 0.1) is 31.4 Å². The second-order valence-electron chi connectivity index (χ2n) is 5.03. The number of hydrogen-bond acceptors (Lipinski definition) is 7. The number of furan rings is 1. The summed E-state index contributed by atoms with van der Waals surface area (Å²) in [6.07, 6.45) is 3.09. The number of benzene rings is 1. The summed E-state index contributed by atoms with van der Waals surface area (Å²) in [5, 5.41) is 21.4. The smallest absolute Gasteiger partial charge is 0.433 e. The molecule has 0 fully saturated rings. The third kappa shape index (κ3) is 3.09. The lowest BCUT2D eigenvalue weighted by Gasteiger charge is -2.11. The van der Waals surface area contributed by atoms with Crippen molar-refractivity contribution < 1.29 is 23.9 Å². The van der Waals surface area contributed by atoms with E-state index in [2.05, 4.69) is 4.98 Å². The lowest BCUT2D eigenvalue weighted by Crippen LogP contribution is -1.93. The minimum Gasteiger partial charge on any atom is -0.507 e. The Hall–Kier alpha value is -3.55. The van der Waals surface area contributed by atoms with Crippen molar-refractivity contribution in [1.29, 1.82) is 0 Å². The molecular weight excluding hydrogens is 328 g/mol. The minimum absolute atomic E-state index is 0.0224. The molecule has 0 saturated heterocycles. The van der Waals surface area contributed by atoms with Gasteiger partial charge in [-0.3, -0.25) is 10.1 Å². The molecule has 128 valence electrons. The van der Waals surface area contributed by atoms with Gasteiger partial charge < -0.3 is 19.0 Å². The second-order valence-corrected chi connectivity index (χ2v) is 5.03. The van der Waals surface area contributed by atoms with Crippen LogP contribution in [0.5, 0.6) is 17.2 Å². The number of rotatable bonds is 5. The van der Waals surface area contributed by atoms with E-state index in [9.17, 15) is 15.2 Å². The molecule has 25 heavy (non-hydrogen) atoms. The van der Waals surface area contributed by atoms with Crippen LogP contribution >= 0.6 is 0 Å². The van der Waals surface area contributed by atoms with Gasteiger partial charge in [0.15, 0.2) is 0 Å². The summed E-state index contributed by atoms with van der Waals surface area (Å²) < 4.78 is 15.6. The molecule has 0 saturated carbocycles. The molecule has 0 aliphatic carbocycles. The summed E-state index contributed by atoms with van der Waals surface area (Å²) in [6.45, 7) is 0. The van der Waals surface area contributed by atoms with Crippen LogP contribution in [-0.2, 0) is 0 Å². The SMILES string of the molecule is COc1ccc(OC)c2c(O)cc(C=Cc3ccc([N+](=O)[O-])o3)nc12. The van der Waals surface area contributed by atoms with Crippen molar-refractivity contribution in [3.05, 3.63) is 51.9 Å². The molecule has 2 aromatic heterocycles. The van der Waals surface area contributed by atoms with Crippen molar-refractivity contribution in [3.8, 4) is 17.2 Å². The maximum atomic E-state index is 10.6. The molecule has 0 aliphatic rings. The Morgan fingerprint density at radius 1 is 1.16 bits per heavy atom. The molecule has 0 aliphatic heterocycles. The fraction of sp³-hybridized carbons (Fsp3) is 0.118. The van der Waals surface area contributed by atoms with Gasteiger partial charge in [-0.1, -0.05) is 0 Å². The van der Waals surface area contributed by atoms with Crippen LogP contribution in [0.15, 0.2) is 34.7 Å². The first-order chi connectivity index (χ1) is 12.0. The molecule has 0 spiro atoms. The molecule has 0 bridgehead atoms. The van der Waals surface area contributed by atoms with E-state index in [1.165, 1.54) is 38.5 Å². The van der Waals surface area contributed by atoms with Crippen LogP contribution < -0.4 is 9.47 Å². The van der Waals surface area contributed by atoms with E-state index in [1.54, 1.807) is 18.2 Å². The predicted octanol–water partition coefficient (Wildman–Crippen LogP) is 3.63. The number of fused-ring (bicyclic) bond motifs is 1. The molecule has 0 atom stereocenters. The van der Waals surface area contributed by atoms with Crippen molar-refractivity contribution in [3.63, 3.8) is 0 Å². The summed E-state index contributed by atoms with van der Waals surface area (Å²) in [5.41, 5.74) is 0.863. The Labute approximate surface area is 142 Å². The molecule has 3 aromatic rings. The van der Waals surface area contributed by atoms with Gasteiger partial charge in [-0.2, -0.15) is 0 Å². The number of nitro groups is 1. The molecule has 2 heterocycles. The Morgan fingerprint density at radius 3 is 2.52 bits per heavy atom. The van der Waals surface area contributed by atoms with Gasteiger partial charge in [0, 0.05) is 6.07 Å². The Bertz CT molecular complexity index is 977. The first-order valence-electron chi connectivity index (χ1n) is 7.20. The van der Waals surface area contributed by atoms with Crippen LogP contribution in [0.25, 0.3) is 23.1 Å². The normalized spacial score (nSPS) is 11.1. The Morgan fingerprint density at radius 2 is 1.88 bits per heavy atom. The average molecular weight is 342 g/mol. The zero-order chi connectivity index (χ0) is 18.0. The number of nitrogens with zero attached hydrogens (tertiary/aromatic N) is 2. The molecule has 1 N–H and O–H groups in total. The van der Waals surface area contributed by atoms with Crippen molar-refractivity contribution in [2.75, 3.05) is 14.2 Å². The second kappa shape index (κ2) is 6.52. The maximum absolute atomic E-state index is 10.6. The van der Waals surface area contributed by atoms with E-state index in [-0.39, 0.29) is 11.6 Å². The monoisotopic (exact) mass is 342 g/mol. The number of aromatic hydroxyl groups is 1. The molecule has 0 amide bonds. The number of pyridine rings is 1. The molecule has 1 aromatic carbocycles. The molecule has 0 unspecified atom stereocenters. The van der Waals surface area contributed by atoms with E-state index in [1.807, 2.05) is 0 Å². The van der Waals surface area contributed by atoms with Crippen LogP contribution in [0.3, 0.4) is 0 Å². The maximum Gasteiger partial charge on any atom is 0.433 e. The highest BCUT2D eigenvalue weighted by atomic mass is 16.6. The van der Waals surface area contributed by atoms with E-state index in [0.717, 1.165) is 0 Å². The Kier molecular flexibility index (Phi) is 4.25. The van der Waals surface area contributed by atoms with Gasteiger partial charge in [0.1, 0.15) is 33.4 Å². The quantitative estimate of drug-likeness (QED) is 0.557. The predicted molar refractivity (Wildman–Crippen MR) is 90.8 cm³/mol. The summed E-state index contributed by atoms with van der Waals surface area (Å²) in [7, 11) is 3.00. The van der Waals surface area contributed by atoms with Crippen molar-refractivity contribution in [1.82, 2.24) is 4.98 Å². The van der Waals surface area contributed by atoms with Gasteiger partial charge in [0.25, 0.3) is 0 Å². The highest BCUT2D eigenvalue weighted by Gasteiger charge is 2.14. The van der Waals surface area contributed by atoms with Crippen molar-refractivity contribution in [2.45, 2.75) is 0 Å². The van der Waals surface area contributed by atoms with Gasteiger partial charge in [-0.15, -0.1) is 0 Å². The van der Waals surface area contributed by atoms with Crippen molar-refractivity contribution >= 4 is 28.9 Å². The summed E-state index contributed by atoms with van der Waals surface area (Å²) in [6, 6.07) is 7.56. The third-order valence-corrected chi connectivity index (χ3v) is 3.54. The lowest BCUT2D eigenvalue weighted by molar-refractivity contribution is -0.402. The standard InChI is InChI=1S/C17H14N2O6/c1-23-13-6-7-14(24-2)17-16(13)12(20)9-10(18-17)3-4-11-5-8-15(25-11)19(21)22/h3-9H,1-2H3,(H,18,20). The van der Waals surface area contributed by atoms with Gasteiger partial charge in [0.2, 0.25) is 0 Å². The fourth-order valence-corrected chi connectivity index (χ4v) is 2.40. The van der Waals surface area contributed by atoms with Gasteiger partial charge >= 0.3 is 5.88 Å². The van der Waals surface area contributed by atoms with Crippen LogP contribution in [-0.4, -0.2) is 29.2 Å². The highest BCUT2D eigenvalue weighted by Crippen LogP contribution is 2.38. The molecule has 3 rings (SSSR count). The summed E-state index contributed by atoms with van der Waals surface area (Å²) >= 11 is 0. The number of aromatic nitrogens is 1. The van der Waals surface area contributed by atoms with E-state index >= 15 is 0 Å². The van der Waals surface area contributed by atoms with Crippen LogP contribution in [0, 0.1) is 10.1 Å².